The minimum absolute atomic E-state index is 0.142. The number of nitrogens with two attached hydrogens (primary N) is 1. The van der Waals surface area contributed by atoms with Gasteiger partial charge in [0.25, 0.3) is 0 Å². The molecule has 0 aliphatic rings. The highest BCUT2D eigenvalue weighted by molar-refractivity contribution is 9.10. The molecule has 5 heteroatoms. The second-order valence-corrected chi connectivity index (χ2v) is 5.60. The van der Waals surface area contributed by atoms with Crippen molar-refractivity contribution in [3.63, 3.8) is 0 Å². The van der Waals surface area contributed by atoms with Crippen molar-refractivity contribution in [2.75, 3.05) is 14.2 Å². The van der Waals surface area contributed by atoms with Gasteiger partial charge in [0.05, 0.1) is 13.0 Å². The number of ether oxygens (including phenoxy) is 1. The Bertz CT molecular complexity index is 513. The first-order chi connectivity index (χ1) is 8.73. The van der Waals surface area contributed by atoms with Gasteiger partial charge >= 0.3 is 0 Å². The number of carbonyl (C=O) groups is 1. The summed E-state index contributed by atoms with van der Waals surface area (Å²) in [6, 6.07) is 0. The van der Waals surface area contributed by atoms with Crippen LogP contribution in [0.2, 0.25) is 0 Å². The van der Waals surface area contributed by atoms with Gasteiger partial charge in [0, 0.05) is 17.1 Å². The molecule has 19 heavy (non-hydrogen) atoms. The smallest absolute Gasteiger partial charge is 0.243 e. The highest BCUT2D eigenvalue weighted by Gasteiger charge is 2.26. The van der Waals surface area contributed by atoms with Gasteiger partial charge in [0.2, 0.25) is 5.91 Å². The van der Waals surface area contributed by atoms with Crippen molar-refractivity contribution in [1.82, 2.24) is 5.01 Å². The van der Waals surface area contributed by atoms with Gasteiger partial charge < -0.3 is 4.74 Å². The highest BCUT2D eigenvalue weighted by Crippen LogP contribution is 2.40. The van der Waals surface area contributed by atoms with Crippen LogP contribution < -0.4 is 10.6 Å². The average molecular weight is 329 g/mol. The molecule has 0 aliphatic heterocycles. The van der Waals surface area contributed by atoms with Crippen LogP contribution in [0.25, 0.3) is 0 Å². The zero-order valence-corrected chi connectivity index (χ0v) is 13.9. The molecule has 0 radical (unpaired) electrons. The fourth-order valence-corrected chi connectivity index (χ4v) is 2.83. The predicted octanol–water partition coefficient (Wildman–Crippen LogP) is 2.82. The molecule has 0 spiro atoms. The average Bonchev–Trinajstić information content (AvgIpc) is 2.38. The van der Waals surface area contributed by atoms with E-state index < -0.39 is 0 Å². The van der Waals surface area contributed by atoms with Crippen molar-refractivity contribution < 1.29 is 9.53 Å². The van der Waals surface area contributed by atoms with Gasteiger partial charge in [0.15, 0.2) is 0 Å². The number of halogens is 1. The molecule has 0 heterocycles. The van der Waals surface area contributed by atoms with Crippen LogP contribution in [0.1, 0.15) is 35.1 Å². The topological polar surface area (TPSA) is 55.6 Å². The molecular weight excluding hydrogens is 308 g/mol. The number of hydrazine groups is 1. The normalized spacial score (nSPS) is 12.2. The van der Waals surface area contributed by atoms with Gasteiger partial charge in [-0.2, -0.15) is 0 Å². The summed E-state index contributed by atoms with van der Waals surface area (Å²) < 4.78 is 6.53. The van der Waals surface area contributed by atoms with E-state index in [-0.39, 0.29) is 11.8 Å². The van der Waals surface area contributed by atoms with E-state index in [0.29, 0.717) is 0 Å². The van der Waals surface area contributed by atoms with Crippen LogP contribution in [0.3, 0.4) is 0 Å². The number of rotatable bonds is 3. The standard InChI is InChI=1S/C14H21BrN2O2/c1-7-8(2)13(19-6)11(9(3)12(7)15)10(4)14(18)17(5)16/h10H,16H2,1-6H3. The maximum Gasteiger partial charge on any atom is 0.243 e. The van der Waals surface area contributed by atoms with Crippen LogP contribution >= 0.6 is 15.9 Å². The molecule has 0 fully saturated rings. The van der Waals surface area contributed by atoms with E-state index in [1.807, 2.05) is 27.7 Å². The molecule has 0 saturated heterocycles. The lowest BCUT2D eigenvalue weighted by molar-refractivity contribution is -0.131. The summed E-state index contributed by atoms with van der Waals surface area (Å²) in [5.41, 5.74) is 4.07. The fourth-order valence-electron chi connectivity index (χ4n) is 2.32. The van der Waals surface area contributed by atoms with Crippen molar-refractivity contribution in [1.29, 1.82) is 0 Å². The van der Waals surface area contributed by atoms with Crippen LogP contribution in [-0.4, -0.2) is 25.1 Å². The van der Waals surface area contributed by atoms with E-state index in [9.17, 15) is 4.79 Å². The molecule has 1 rings (SSSR count). The number of hydrogen-bond donors (Lipinski definition) is 1. The first-order valence-electron chi connectivity index (χ1n) is 6.09. The molecule has 4 nitrogen and oxygen atoms in total. The Morgan fingerprint density at radius 3 is 2.21 bits per heavy atom. The zero-order valence-electron chi connectivity index (χ0n) is 12.3. The summed E-state index contributed by atoms with van der Waals surface area (Å²) in [6.07, 6.45) is 0. The third-order valence-corrected chi connectivity index (χ3v) is 4.75. The highest BCUT2D eigenvalue weighted by atomic mass is 79.9. The van der Waals surface area contributed by atoms with E-state index in [1.165, 1.54) is 0 Å². The molecule has 1 unspecified atom stereocenters. The van der Waals surface area contributed by atoms with E-state index >= 15 is 0 Å². The van der Waals surface area contributed by atoms with Crippen LogP contribution in [0.5, 0.6) is 5.75 Å². The maximum absolute atomic E-state index is 12.1. The van der Waals surface area contributed by atoms with Crippen molar-refractivity contribution in [3.05, 3.63) is 26.7 Å². The molecule has 0 bridgehead atoms. The van der Waals surface area contributed by atoms with E-state index in [1.54, 1.807) is 14.2 Å². The number of benzene rings is 1. The third kappa shape index (κ3) is 2.77. The summed E-state index contributed by atoms with van der Waals surface area (Å²) in [5, 5.41) is 1.12. The molecule has 0 aliphatic carbocycles. The quantitative estimate of drug-likeness (QED) is 0.527. The number of carbonyl (C=O) groups excluding carboxylic acids is 1. The van der Waals surface area contributed by atoms with Crippen LogP contribution in [0, 0.1) is 20.8 Å². The van der Waals surface area contributed by atoms with Crippen molar-refractivity contribution in [2.24, 2.45) is 5.84 Å². The molecule has 0 aromatic heterocycles. The Labute approximate surface area is 123 Å². The van der Waals surface area contributed by atoms with E-state index in [2.05, 4.69) is 15.9 Å². The summed E-state index contributed by atoms with van der Waals surface area (Å²) >= 11 is 3.59. The lowest BCUT2D eigenvalue weighted by Crippen LogP contribution is -2.36. The van der Waals surface area contributed by atoms with E-state index in [4.69, 9.17) is 10.6 Å². The molecule has 106 valence electrons. The Morgan fingerprint density at radius 1 is 1.26 bits per heavy atom. The van der Waals surface area contributed by atoms with Crippen LogP contribution in [-0.2, 0) is 4.79 Å². The van der Waals surface area contributed by atoms with Crippen LogP contribution in [0.15, 0.2) is 4.47 Å². The summed E-state index contributed by atoms with van der Waals surface area (Å²) in [6.45, 7) is 7.85. The van der Waals surface area contributed by atoms with Gasteiger partial charge in [0.1, 0.15) is 5.75 Å². The minimum atomic E-state index is -0.347. The van der Waals surface area contributed by atoms with Crippen LogP contribution in [0.4, 0.5) is 0 Å². The molecule has 1 atom stereocenters. The predicted molar refractivity (Wildman–Crippen MR) is 80.3 cm³/mol. The second-order valence-electron chi connectivity index (χ2n) is 4.81. The van der Waals surface area contributed by atoms with Gasteiger partial charge in [-0.25, -0.2) is 5.84 Å². The minimum Gasteiger partial charge on any atom is -0.496 e. The number of nitrogens with zero attached hydrogens (tertiary/aromatic N) is 1. The monoisotopic (exact) mass is 328 g/mol. The summed E-state index contributed by atoms with van der Waals surface area (Å²) in [7, 11) is 3.18. The molecular formula is C14H21BrN2O2. The molecule has 0 saturated carbocycles. The summed E-state index contributed by atoms with van der Waals surface area (Å²) in [4.78, 5) is 12.1. The van der Waals surface area contributed by atoms with E-state index in [0.717, 1.165) is 37.5 Å². The molecule has 2 N–H and O–H groups in total. The largest absolute Gasteiger partial charge is 0.496 e. The lowest BCUT2D eigenvalue weighted by Gasteiger charge is -2.24. The Kier molecular flexibility index (Phi) is 4.98. The van der Waals surface area contributed by atoms with Gasteiger partial charge in [-0.15, -0.1) is 0 Å². The molecule has 1 amide bonds. The van der Waals surface area contributed by atoms with Crippen molar-refractivity contribution in [2.45, 2.75) is 33.6 Å². The maximum atomic E-state index is 12.1. The SMILES string of the molecule is COc1c(C)c(C)c(Br)c(C)c1C(C)C(=O)N(C)N. The third-order valence-electron chi connectivity index (χ3n) is 3.57. The second kappa shape index (κ2) is 5.92. The van der Waals surface area contributed by atoms with Gasteiger partial charge in [-0.3, -0.25) is 9.80 Å². The Balaban J connectivity index is 3.54. The first kappa shape index (κ1) is 16.0. The number of amides is 1. The van der Waals surface area contributed by atoms with Gasteiger partial charge in [-0.1, -0.05) is 15.9 Å². The first-order valence-corrected chi connectivity index (χ1v) is 6.88. The van der Waals surface area contributed by atoms with Crippen molar-refractivity contribution in [3.8, 4) is 5.75 Å². The number of methoxy groups -OCH3 is 1. The Morgan fingerprint density at radius 2 is 1.79 bits per heavy atom. The number of hydrogen-bond acceptors (Lipinski definition) is 3. The fraction of sp³-hybridized carbons (Fsp3) is 0.500. The molecule has 1 aromatic rings. The summed E-state index contributed by atoms with van der Waals surface area (Å²) in [5.74, 6) is 5.83. The van der Waals surface area contributed by atoms with Crippen molar-refractivity contribution >= 4 is 21.8 Å². The lowest BCUT2D eigenvalue weighted by atomic mass is 9.90. The molecule has 1 aromatic carbocycles. The Hall–Kier alpha value is -1.07. The van der Waals surface area contributed by atoms with Gasteiger partial charge in [-0.05, 0) is 44.4 Å². The zero-order chi connectivity index (χ0) is 14.9. The number of likely N-dealkylation sites (N-methyl/N-ethyl adjacent to an activating group) is 1.